The number of carbonyl (C=O) groups is 1. The maximum atomic E-state index is 12.0. The van der Waals surface area contributed by atoms with Crippen molar-refractivity contribution in [2.45, 2.75) is 51.6 Å². The molecule has 4 heteroatoms. The van der Waals surface area contributed by atoms with Crippen LogP contribution in [0.1, 0.15) is 43.4 Å². The van der Waals surface area contributed by atoms with Crippen molar-refractivity contribution >= 4 is 6.03 Å². The number of rotatable bonds is 3. The number of hydrogen-bond acceptors (Lipinski definition) is 2. The molecule has 2 rings (SSSR count). The Hall–Kier alpha value is -1.45. The van der Waals surface area contributed by atoms with Crippen molar-refractivity contribution in [1.29, 1.82) is 0 Å². The summed E-state index contributed by atoms with van der Waals surface area (Å²) in [7, 11) is 1.82. The molecule has 1 aliphatic carbocycles. The summed E-state index contributed by atoms with van der Waals surface area (Å²) in [5, 5.41) is 3.11. The van der Waals surface area contributed by atoms with Gasteiger partial charge in [0, 0.05) is 18.7 Å². The molecule has 18 heavy (non-hydrogen) atoms. The molecule has 0 atom stereocenters. The van der Waals surface area contributed by atoms with Gasteiger partial charge in [-0.3, -0.25) is 0 Å². The predicted octanol–water partition coefficient (Wildman–Crippen LogP) is 3.06. The maximum absolute atomic E-state index is 12.0. The van der Waals surface area contributed by atoms with Gasteiger partial charge < -0.3 is 14.6 Å². The highest BCUT2D eigenvalue weighted by atomic mass is 16.3. The van der Waals surface area contributed by atoms with E-state index >= 15 is 0 Å². The van der Waals surface area contributed by atoms with Crippen molar-refractivity contribution in [2.75, 3.05) is 7.05 Å². The summed E-state index contributed by atoms with van der Waals surface area (Å²) >= 11 is 0. The second-order valence-electron chi connectivity index (χ2n) is 5.14. The molecular weight excluding hydrogens is 228 g/mol. The van der Waals surface area contributed by atoms with Crippen LogP contribution in [0.4, 0.5) is 4.79 Å². The van der Waals surface area contributed by atoms with Gasteiger partial charge in [-0.1, -0.05) is 19.3 Å². The van der Waals surface area contributed by atoms with E-state index in [-0.39, 0.29) is 6.03 Å². The molecule has 0 unspecified atom stereocenters. The smallest absolute Gasteiger partial charge is 0.317 e. The van der Waals surface area contributed by atoms with Gasteiger partial charge in [0.05, 0.1) is 12.8 Å². The molecule has 0 aromatic carbocycles. The molecule has 1 aliphatic rings. The standard InChI is InChI=1S/C14H22N2O2/c1-11-12(8-9-18-11)10-16(2)14(17)15-13-6-4-3-5-7-13/h8-9,13H,3-7,10H2,1-2H3,(H,15,17). The molecule has 1 heterocycles. The van der Waals surface area contributed by atoms with E-state index in [0.29, 0.717) is 12.6 Å². The van der Waals surface area contributed by atoms with E-state index in [1.807, 2.05) is 20.0 Å². The first-order chi connectivity index (χ1) is 8.66. The average Bonchev–Trinajstić information content (AvgIpc) is 2.76. The van der Waals surface area contributed by atoms with Crippen LogP contribution in [0.2, 0.25) is 0 Å². The second kappa shape index (κ2) is 5.94. The third-order valence-corrected chi connectivity index (χ3v) is 3.65. The third kappa shape index (κ3) is 3.28. The van der Waals surface area contributed by atoms with E-state index in [1.54, 1.807) is 11.2 Å². The molecule has 0 saturated heterocycles. The van der Waals surface area contributed by atoms with Gasteiger partial charge in [0.2, 0.25) is 0 Å². The zero-order valence-electron chi connectivity index (χ0n) is 11.2. The summed E-state index contributed by atoms with van der Waals surface area (Å²) < 4.78 is 5.24. The van der Waals surface area contributed by atoms with E-state index < -0.39 is 0 Å². The van der Waals surface area contributed by atoms with Crippen LogP contribution in [0.15, 0.2) is 16.7 Å². The van der Waals surface area contributed by atoms with Gasteiger partial charge in [-0.05, 0) is 25.8 Å². The summed E-state index contributed by atoms with van der Waals surface area (Å²) in [6.07, 6.45) is 7.66. The Morgan fingerprint density at radius 2 is 2.17 bits per heavy atom. The third-order valence-electron chi connectivity index (χ3n) is 3.65. The Labute approximate surface area is 108 Å². The lowest BCUT2D eigenvalue weighted by molar-refractivity contribution is 0.198. The molecule has 4 nitrogen and oxygen atoms in total. The van der Waals surface area contributed by atoms with Crippen LogP contribution in [0.25, 0.3) is 0 Å². The molecule has 100 valence electrons. The average molecular weight is 250 g/mol. The van der Waals surface area contributed by atoms with Crippen LogP contribution in [0.3, 0.4) is 0 Å². The Balaban J connectivity index is 1.83. The zero-order chi connectivity index (χ0) is 13.0. The quantitative estimate of drug-likeness (QED) is 0.896. The van der Waals surface area contributed by atoms with Crippen molar-refractivity contribution in [3.05, 3.63) is 23.7 Å². The molecule has 1 saturated carbocycles. The molecule has 1 aromatic rings. The number of nitrogens with zero attached hydrogens (tertiary/aromatic N) is 1. The highest BCUT2D eigenvalue weighted by Gasteiger charge is 2.18. The van der Waals surface area contributed by atoms with Crippen LogP contribution in [-0.4, -0.2) is 24.0 Å². The van der Waals surface area contributed by atoms with Crippen LogP contribution in [0, 0.1) is 6.92 Å². The van der Waals surface area contributed by atoms with Crippen molar-refractivity contribution in [1.82, 2.24) is 10.2 Å². The zero-order valence-corrected chi connectivity index (χ0v) is 11.2. The fourth-order valence-corrected chi connectivity index (χ4v) is 2.43. The number of aryl methyl sites for hydroxylation is 1. The Kier molecular flexibility index (Phi) is 4.28. The number of carbonyl (C=O) groups excluding carboxylic acids is 1. The number of urea groups is 1. The van der Waals surface area contributed by atoms with Crippen molar-refractivity contribution < 1.29 is 9.21 Å². The van der Waals surface area contributed by atoms with Crippen molar-refractivity contribution in [3.8, 4) is 0 Å². The fraction of sp³-hybridized carbons (Fsp3) is 0.643. The van der Waals surface area contributed by atoms with E-state index in [9.17, 15) is 4.79 Å². The summed E-state index contributed by atoms with van der Waals surface area (Å²) in [5.74, 6) is 0.882. The molecule has 0 spiro atoms. The lowest BCUT2D eigenvalue weighted by Crippen LogP contribution is -2.43. The SMILES string of the molecule is Cc1occc1CN(C)C(=O)NC1CCCCC1. The molecule has 0 radical (unpaired) electrons. The Morgan fingerprint density at radius 1 is 1.44 bits per heavy atom. The first kappa shape index (κ1) is 13.0. The number of furan rings is 1. The molecule has 1 N–H and O–H groups in total. The monoisotopic (exact) mass is 250 g/mol. The van der Waals surface area contributed by atoms with Crippen molar-refractivity contribution in [2.24, 2.45) is 0 Å². The maximum Gasteiger partial charge on any atom is 0.317 e. The Bertz CT molecular complexity index is 394. The summed E-state index contributed by atoms with van der Waals surface area (Å²) in [6.45, 7) is 2.52. The number of nitrogens with one attached hydrogen (secondary N) is 1. The number of amides is 2. The highest BCUT2D eigenvalue weighted by molar-refractivity contribution is 5.74. The molecule has 2 amide bonds. The second-order valence-corrected chi connectivity index (χ2v) is 5.14. The van der Waals surface area contributed by atoms with Crippen molar-refractivity contribution in [3.63, 3.8) is 0 Å². The molecule has 1 aromatic heterocycles. The highest BCUT2D eigenvalue weighted by Crippen LogP contribution is 2.18. The summed E-state index contributed by atoms with van der Waals surface area (Å²) in [5.41, 5.74) is 1.07. The first-order valence-electron chi connectivity index (χ1n) is 6.71. The minimum absolute atomic E-state index is 0.0162. The summed E-state index contributed by atoms with van der Waals surface area (Å²) in [4.78, 5) is 13.7. The van der Waals surface area contributed by atoms with E-state index in [2.05, 4.69) is 5.32 Å². The van der Waals surface area contributed by atoms with E-state index in [0.717, 1.165) is 24.2 Å². The van der Waals surface area contributed by atoms with Gasteiger partial charge in [-0.25, -0.2) is 4.79 Å². The van der Waals surface area contributed by atoms with E-state index in [1.165, 1.54) is 19.3 Å². The van der Waals surface area contributed by atoms with Crippen LogP contribution in [-0.2, 0) is 6.54 Å². The van der Waals surface area contributed by atoms with Crippen LogP contribution in [0.5, 0.6) is 0 Å². The lowest BCUT2D eigenvalue weighted by atomic mass is 9.96. The van der Waals surface area contributed by atoms with Gasteiger partial charge in [0.15, 0.2) is 0 Å². The molecule has 0 aliphatic heterocycles. The van der Waals surface area contributed by atoms with Crippen LogP contribution >= 0.6 is 0 Å². The lowest BCUT2D eigenvalue weighted by Gasteiger charge is -2.26. The van der Waals surface area contributed by atoms with Gasteiger partial charge in [-0.15, -0.1) is 0 Å². The topological polar surface area (TPSA) is 45.5 Å². The van der Waals surface area contributed by atoms with Crippen LogP contribution < -0.4 is 5.32 Å². The Morgan fingerprint density at radius 3 is 2.78 bits per heavy atom. The van der Waals surface area contributed by atoms with Gasteiger partial charge >= 0.3 is 6.03 Å². The van der Waals surface area contributed by atoms with Gasteiger partial charge in [0.1, 0.15) is 5.76 Å². The normalized spacial score (nSPS) is 16.6. The van der Waals surface area contributed by atoms with Gasteiger partial charge in [-0.2, -0.15) is 0 Å². The predicted molar refractivity (Wildman–Crippen MR) is 70.3 cm³/mol. The largest absolute Gasteiger partial charge is 0.469 e. The molecule has 1 fully saturated rings. The summed E-state index contributed by atoms with van der Waals surface area (Å²) in [6, 6.07) is 2.29. The fourth-order valence-electron chi connectivity index (χ4n) is 2.43. The minimum Gasteiger partial charge on any atom is -0.469 e. The molecule has 0 bridgehead atoms. The molecular formula is C14H22N2O2. The van der Waals surface area contributed by atoms with E-state index in [4.69, 9.17) is 4.42 Å². The first-order valence-corrected chi connectivity index (χ1v) is 6.71. The minimum atomic E-state index is 0.0162. The van der Waals surface area contributed by atoms with Gasteiger partial charge in [0.25, 0.3) is 0 Å². The number of hydrogen-bond donors (Lipinski definition) is 1.